The van der Waals surface area contributed by atoms with E-state index in [2.05, 4.69) is 40.2 Å². The van der Waals surface area contributed by atoms with Gasteiger partial charge in [-0.15, -0.1) is 22.7 Å². The Morgan fingerprint density at radius 1 is 0.857 bits per heavy atom. The summed E-state index contributed by atoms with van der Waals surface area (Å²) in [6, 6.07) is 10.6. The molecule has 5 aromatic heterocycles. The van der Waals surface area contributed by atoms with E-state index in [1.165, 1.54) is 42.3 Å². The topological polar surface area (TPSA) is 158 Å². The van der Waals surface area contributed by atoms with E-state index in [-0.39, 0.29) is 23.0 Å². The first-order chi connectivity index (χ1) is 23.6. The van der Waals surface area contributed by atoms with Gasteiger partial charge in [0.1, 0.15) is 50.5 Å². The molecule has 2 aromatic carbocycles. The van der Waals surface area contributed by atoms with Crippen LogP contribution in [0, 0.1) is 6.92 Å². The van der Waals surface area contributed by atoms with Crippen molar-refractivity contribution in [3.63, 3.8) is 0 Å². The number of nitrogens with two attached hydrogens (primary N) is 1. The third-order valence-electron chi connectivity index (χ3n) is 7.81. The first-order valence-electron chi connectivity index (χ1n) is 14.9. The van der Waals surface area contributed by atoms with E-state index in [0.29, 0.717) is 64.5 Å². The third-order valence-corrected chi connectivity index (χ3v) is 9.27. The van der Waals surface area contributed by atoms with Crippen LogP contribution in [0.15, 0.2) is 66.1 Å². The maximum atomic E-state index is 13.3. The summed E-state index contributed by atoms with van der Waals surface area (Å²) in [7, 11) is 0. The second-order valence-electron chi connectivity index (χ2n) is 11.0. The Hall–Kier alpha value is -5.48. The van der Waals surface area contributed by atoms with Gasteiger partial charge in [-0.2, -0.15) is 13.2 Å². The first-order valence-corrected chi connectivity index (χ1v) is 16.7. The van der Waals surface area contributed by atoms with Crippen molar-refractivity contribution in [2.75, 3.05) is 17.6 Å². The number of benzene rings is 2. The number of aryl methyl sites for hydroxylation is 3. The van der Waals surface area contributed by atoms with Crippen LogP contribution in [-0.4, -0.2) is 46.5 Å². The molecule has 0 aliphatic rings. The number of alkyl halides is 3. The number of aromatic hydroxyl groups is 1. The Morgan fingerprint density at radius 3 is 2.33 bits per heavy atom. The molecule has 248 valence electrons. The van der Waals surface area contributed by atoms with Crippen LogP contribution in [0.2, 0.25) is 0 Å². The summed E-state index contributed by atoms with van der Waals surface area (Å²) in [5.41, 5.74) is 14.6. The fourth-order valence-electron chi connectivity index (χ4n) is 5.54. The average molecular weight is 702 g/mol. The lowest BCUT2D eigenvalue weighted by molar-refractivity contribution is -0.137. The number of pyridine rings is 1. The van der Waals surface area contributed by atoms with Crippen molar-refractivity contribution in [3.05, 3.63) is 94.1 Å². The molecule has 0 saturated heterocycles. The van der Waals surface area contributed by atoms with Crippen LogP contribution in [0.3, 0.4) is 0 Å². The molecule has 0 aliphatic heterocycles. The summed E-state index contributed by atoms with van der Waals surface area (Å²) in [5.74, 6) is 0.753. The highest BCUT2D eigenvalue weighted by molar-refractivity contribution is 7.16. The summed E-state index contributed by atoms with van der Waals surface area (Å²) in [4.78, 5) is 32.0. The van der Waals surface area contributed by atoms with Gasteiger partial charge in [-0.1, -0.05) is 12.1 Å². The number of nitrogens with one attached hydrogen (secondary N) is 1. The highest BCUT2D eigenvalue weighted by atomic mass is 32.1. The maximum absolute atomic E-state index is 13.3. The van der Waals surface area contributed by atoms with Gasteiger partial charge in [-0.3, -0.25) is 0 Å². The van der Waals surface area contributed by atoms with E-state index in [1.807, 2.05) is 12.1 Å². The van der Waals surface area contributed by atoms with Gasteiger partial charge in [-0.05, 0) is 67.1 Å². The lowest BCUT2D eigenvalue weighted by Gasteiger charge is -2.19. The number of hydrogen-bond donors (Lipinski definition) is 3. The van der Waals surface area contributed by atoms with Gasteiger partial charge in [-0.25, -0.2) is 34.9 Å². The highest BCUT2D eigenvalue weighted by Gasteiger charge is 2.31. The molecule has 0 bridgehead atoms. The SMILES string of the molecule is Cc1cc(C(F)(F)F)cc(Oc2ccc(CCc3cc(O)c(N)c(-c4ncnc5scnc45)c3CCNc3ncnc4scnc34)cc2)n1. The number of halogens is 3. The van der Waals surface area contributed by atoms with Crippen LogP contribution in [0.1, 0.15) is 27.9 Å². The number of phenolic OH excluding ortho intramolecular Hbond substituents is 1. The molecule has 5 heterocycles. The van der Waals surface area contributed by atoms with Gasteiger partial charge >= 0.3 is 6.18 Å². The summed E-state index contributed by atoms with van der Waals surface area (Å²) in [5, 5.41) is 14.4. The second-order valence-corrected chi connectivity index (χ2v) is 12.7. The molecular weight excluding hydrogens is 676 g/mol. The lowest BCUT2D eigenvalue weighted by Crippen LogP contribution is -2.12. The van der Waals surface area contributed by atoms with Crippen LogP contribution in [0.4, 0.5) is 24.7 Å². The third kappa shape index (κ3) is 6.77. The van der Waals surface area contributed by atoms with Crippen molar-refractivity contribution in [2.45, 2.75) is 32.4 Å². The Labute approximate surface area is 284 Å². The number of thiazole rings is 2. The van der Waals surface area contributed by atoms with Crippen LogP contribution < -0.4 is 15.8 Å². The van der Waals surface area contributed by atoms with E-state index in [4.69, 9.17) is 10.5 Å². The molecule has 16 heteroatoms. The molecule has 49 heavy (non-hydrogen) atoms. The molecule has 0 aliphatic carbocycles. The minimum absolute atomic E-state index is 0.0729. The van der Waals surface area contributed by atoms with Crippen molar-refractivity contribution in [3.8, 4) is 28.6 Å². The maximum Gasteiger partial charge on any atom is 0.416 e. The number of anilines is 2. The number of nitrogens with zero attached hydrogens (tertiary/aromatic N) is 7. The number of phenols is 1. The van der Waals surface area contributed by atoms with Crippen LogP contribution in [-0.2, 0) is 25.4 Å². The molecule has 0 atom stereocenters. The zero-order valence-corrected chi connectivity index (χ0v) is 27.3. The Kier molecular flexibility index (Phi) is 8.64. The highest BCUT2D eigenvalue weighted by Crippen LogP contribution is 2.41. The van der Waals surface area contributed by atoms with Gasteiger partial charge < -0.3 is 20.9 Å². The van der Waals surface area contributed by atoms with Crippen molar-refractivity contribution in [2.24, 2.45) is 0 Å². The average Bonchev–Trinajstić information content (AvgIpc) is 3.76. The molecule has 7 rings (SSSR count). The summed E-state index contributed by atoms with van der Waals surface area (Å²) in [6.45, 7) is 1.95. The molecule has 11 nitrogen and oxygen atoms in total. The van der Waals surface area contributed by atoms with Crippen LogP contribution >= 0.6 is 22.7 Å². The predicted octanol–water partition coefficient (Wildman–Crippen LogP) is 7.40. The molecule has 7 aromatic rings. The van der Waals surface area contributed by atoms with E-state index < -0.39 is 11.7 Å². The zero-order valence-electron chi connectivity index (χ0n) is 25.7. The van der Waals surface area contributed by atoms with Crippen molar-refractivity contribution >= 4 is 54.9 Å². The number of ether oxygens (including phenoxy) is 1. The molecule has 4 N–H and O–H groups in total. The molecule has 0 amide bonds. The predicted molar refractivity (Wildman–Crippen MR) is 182 cm³/mol. The minimum Gasteiger partial charge on any atom is -0.506 e. The largest absolute Gasteiger partial charge is 0.506 e. The Morgan fingerprint density at radius 2 is 1.57 bits per heavy atom. The van der Waals surface area contributed by atoms with Crippen molar-refractivity contribution in [1.29, 1.82) is 0 Å². The Balaban J connectivity index is 1.16. The monoisotopic (exact) mass is 701 g/mol. The summed E-state index contributed by atoms with van der Waals surface area (Å²) in [6.07, 6.45) is 0.0405. The van der Waals surface area contributed by atoms with E-state index in [0.717, 1.165) is 33.7 Å². The zero-order chi connectivity index (χ0) is 34.1. The van der Waals surface area contributed by atoms with E-state index >= 15 is 0 Å². The minimum atomic E-state index is -4.51. The first kappa shape index (κ1) is 32.1. The fraction of sp³-hybridized carbons (Fsp3) is 0.182. The number of hydrogen-bond acceptors (Lipinski definition) is 13. The summed E-state index contributed by atoms with van der Waals surface area (Å²) < 4.78 is 45.5. The Bertz CT molecular complexity index is 2290. The van der Waals surface area contributed by atoms with Gasteiger partial charge in [0.15, 0.2) is 5.82 Å². The standard InChI is InChI=1S/C33H26F3N9O2S2/c1-17-10-20(33(34,35)36)12-24(45-17)47-21-6-3-18(4-7-21)2-5-19-11-23(46)26(37)25(27-28-31(41-13-39-27)48-15-43-28)22(19)8-9-38-30-29-32(42-14-40-30)49-16-44-29/h3-4,6-7,10-16,46H,2,5,8-9,37H2,1H3,(H,38,40,42). The molecule has 0 fully saturated rings. The van der Waals surface area contributed by atoms with Gasteiger partial charge in [0.25, 0.3) is 0 Å². The number of fused-ring (bicyclic) bond motifs is 2. The van der Waals surface area contributed by atoms with Gasteiger partial charge in [0.05, 0.1) is 22.3 Å². The quantitative estimate of drug-likeness (QED) is 0.0964. The molecule has 0 radical (unpaired) electrons. The number of nitrogen functional groups attached to an aromatic ring is 1. The molecule has 0 saturated carbocycles. The molecule has 0 unspecified atom stereocenters. The van der Waals surface area contributed by atoms with Gasteiger partial charge in [0.2, 0.25) is 5.88 Å². The van der Waals surface area contributed by atoms with E-state index in [9.17, 15) is 18.3 Å². The van der Waals surface area contributed by atoms with Crippen molar-refractivity contribution < 1.29 is 23.0 Å². The van der Waals surface area contributed by atoms with Crippen LogP contribution in [0.25, 0.3) is 32.0 Å². The van der Waals surface area contributed by atoms with E-state index in [1.54, 1.807) is 29.2 Å². The van der Waals surface area contributed by atoms with Crippen LogP contribution in [0.5, 0.6) is 17.4 Å². The smallest absolute Gasteiger partial charge is 0.416 e. The summed E-state index contributed by atoms with van der Waals surface area (Å²) >= 11 is 2.81. The lowest BCUT2D eigenvalue weighted by atomic mass is 9.90. The number of rotatable bonds is 10. The second kappa shape index (κ2) is 13.2. The molecule has 0 spiro atoms. The van der Waals surface area contributed by atoms with Crippen molar-refractivity contribution in [1.82, 2.24) is 34.9 Å². The number of aromatic nitrogens is 7. The fourth-order valence-corrected chi connectivity index (χ4v) is 6.80. The van der Waals surface area contributed by atoms with Gasteiger partial charge in [0, 0.05) is 23.9 Å². The molecular formula is C33H26F3N9O2S2. The normalized spacial score (nSPS) is 11.8.